The summed E-state index contributed by atoms with van der Waals surface area (Å²) < 4.78 is 28.4. The minimum absolute atomic E-state index is 0.171. The minimum Gasteiger partial charge on any atom is -0.380 e. The number of sulfone groups is 1. The van der Waals surface area contributed by atoms with Gasteiger partial charge in [0.05, 0.1) is 11.5 Å². The van der Waals surface area contributed by atoms with Gasteiger partial charge in [-0.15, -0.1) is 0 Å². The van der Waals surface area contributed by atoms with Crippen LogP contribution in [0, 0.1) is 10.1 Å². The van der Waals surface area contributed by atoms with E-state index in [9.17, 15) is 18.5 Å². The molecule has 0 aliphatic carbocycles. The zero-order valence-corrected chi connectivity index (χ0v) is 12.4. The molecule has 7 nitrogen and oxygen atoms in total. The Hall–Kier alpha value is -1.67. The van der Waals surface area contributed by atoms with Crippen molar-refractivity contribution in [3.63, 3.8) is 0 Å². The number of ether oxygens (including phenoxy) is 1. The highest BCUT2D eigenvalue weighted by molar-refractivity contribution is 7.90. The topological polar surface area (TPSA) is 98.5 Å². The highest BCUT2D eigenvalue weighted by Crippen LogP contribution is 2.32. The van der Waals surface area contributed by atoms with Gasteiger partial charge in [-0.3, -0.25) is 10.1 Å². The van der Waals surface area contributed by atoms with Crippen molar-refractivity contribution < 1.29 is 18.1 Å². The SMILES string of the molecule is CCOCC(C)Nc1cccc(S(C)(=O)=O)c1[N+](=O)[O-]. The first kappa shape index (κ1) is 16.4. The molecule has 1 aromatic carbocycles. The number of anilines is 1. The fourth-order valence-corrected chi connectivity index (χ4v) is 2.59. The molecule has 1 rings (SSSR count). The third kappa shape index (κ3) is 4.17. The number of nitro benzene ring substituents is 1. The number of nitrogens with zero attached hydrogens (tertiary/aromatic N) is 1. The zero-order valence-electron chi connectivity index (χ0n) is 11.6. The van der Waals surface area contributed by atoms with Crippen LogP contribution < -0.4 is 5.32 Å². The number of nitro groups is 1. The summed E-state index contributed by atoms with van der Waals surface area (Å²) in [6.07, 6.45) is 0.947. The van der Waals surface area contributed by atoms with Gasteiger partial charge in [-0.25, -0.2) is 8.42 Å². The molecule has 0 heterocycles. The lowest BCUT2D eigenvalue weighted by atomic mass is 10.2. The maximum Gasteiger partial charge on any atom is 0.310 e. The minimum atomic E-state index is -3.67. The number of para-hydroxylation sites is 1. The van der Waals surface area contributed by atoms with Crippen LogP contribution in [-0.4, -0.2) is 38.9 Å². The van der Waals surface area contributed by atoms with Crippen LogP contribution in [0.5, 0.6) is 0 Å². The van der Waals surface area contributed by atoms with E-state index < -0.39 is 20.4 Å². The van der Waals surface area contributed by atoms with E-state index in [4.69, 9.17) is 4.74 Å². The Morgan fingerprint density at radius 1 is 1.45 bits per heavy atom. The van der Waals surface area contributed by atoms with E-state index >= 15 is 0 Å². The molecule has 0 aliphatic rings. The molecule has 8 heteroatoms. The largest absolute Gasteiger partial charge is 0.380 e. The molecule has 0 fully saturated rings. The van der Waals surface area contributed by atoms with Crippen molar-refractivity contribution in [2.24, 2.45) is 0 Å². The highest BCUT2D eigenvalue weighted by atomic mass is 32.2. The van der Waals surface area contributed by atoms with Gasteiger partial charge in [-0.2, -0.15) is 0 Å². The lowest BCUT2D eigenvalue weighted by Crippen LogP contribution is -2.22. The van der Waals surface area contributed by atoms with Gasteiger partial charge >= 0.3 is 5.69 Å². The molecule has 1 N–H and O–H groups in total. The Morgan fingerprint density at radius 3 is 2.60 bits per heavy atom. The third-order valence-corrected chi connectivity index (χ3v) is 3.68. The zero-order chi connectivity index (χ0) is 15.3. The molecule has 1 atom stereocenters. The van der Waals surface area contributed by atoms with Gasteiger partial charge in [-0.1, -0.05) is 6.07 Å². The highest BCUT2D eigenvalue weighted by Gasteiger charge is 2.26. The quantitative estimate of drug-likeness (QED) is 0.609. The van der Waals surface area contributed by atoms with Crippen LogP contribution in [0.3, 0.4) is 0 Å². The second kappa shape index (κ2) is 6.67. The standard InChI is InChI=1S/C12H18N2O5S/c1-4-19-8-9(2)13-10-6-5-7-11(20(3,17)18)12(10)14(15)16/h5-7,9,13H,4,8H2,1-3H3. The Kier molecular flexibility index (Phi) is 5.46. The van der Waals surface area contributed by atoms with Crippen LogP contribution in [0.4, 0.5) is 11.4 Å². The van der Waals surface area contributed by atoms with Crippen LogP contribution in [-0.2, 0) is 14.6 Å². The van der Waals surface area contributed by atoms with Crippen LogP contribution in [0.2, 0.25) is 0 Å². The van der Waals surface area contributed by atoms with Gasteiger partial charge < -0.3 is 10.1 Å². The summed E-state index contributed by atoms with van der Waals surface area (Å²) in [6, 6.07) is 4.00. The average Bonchev–Trinajstić information content (AvgIpc) is 2.34. The van der Waals surface area contributed by atoms with Crippen LogP contribution in [0.25, 0.3) is 0 Å². The van der Waals surface area contributed by atoms with E-state index in [1.54, 1.807) is 6.92 Å². The van der Waals surface area contributed by atoms with E-state index in [1.165, 1.54) is 18.2 Å². The van der Waals surface area contributed by atoms with Crippen molar-refractivity contribution in [3.05, 3.63) is 28.3 Å². The van der Waals surface area contributed by atoms with Crippen LogP contribution >= 0.6 is 0 Å². The Labute approximate surface area is 118 Å². The molecule has 1 unspecified atom stereocenters. The average molecular weight is 302 g/mol. The summed E-state index contributed by atoms with van der Waals surface area (Å²) >= 11 is 0. The molecule has 0 saturated heterocycles. The molecular formula is C12H18N2O5S. The number of hydrogen-bond donors (Lipinski definition) is 1. The summed E-state index contributed by atoms with van der Waals surface area (Å²) in [4.78, 5) is 10.2. The predicted molar refractivity (Wildman–Crippen MR) is 75.8 cm³/mol. The fourth-order valence-electron chi connectivity index (χ4n) is 1.73. The monoisotopic (exact) mass is 302 g/mol. The summed E-state index contributed by atoms with van der Waals surface area (Å²) in [7, 11) is -3.67. The Bertz CT molecular complexity index is 586. The second-order valence-corrected chi connectivity index (χ2v) is 6.37. The van der Waals surface area contributed by atoms with Crippen molar-refractivity contribution in [1.82, 2.24) is 0 Å². The van der Waals surface area contributed by atoms with Crippen LogP contribution in [0.1, 0.15) is 13.8 Å². The molecule has 0 aliphatic heterocycles. The van der Waals surface area contributed by atoms with Gasteiger partial charge in [0.25, 0.3) is 0 Å². The van der Waals surface area contributed by atoms with Gasteiger partial charge in [0.2, 0.25) is 0 Å². The first-order chi connectivity index (χ1) is 9.27. The smallest absolute Gasteiger partial charge is 0.310 e. The van der Waals surface area contributed by atoms with E-state index in [0.29, 0.717) is 13.2 Å². The maximum absolute atomic E-state index is 11.6. The van der Waals surface area contributed by atoms with E-state index in [-0.39, 0.29) is 16.6 Å². The van der Waals surface area contributed by atoms with Crippen molar-refractivity contribution in [1.29, 1.82) is 0 Å². The summed E-state index contributed by atoms with van der Waals surface area (Å²) in [6.45, 7) is 4.56. The number of nitrogens with one attached hydrogen (secondary N) is 1. The normalized spacial score (nSPS) is 12.9. The lowest BCUT2D eigenvalue weighted by molar-refractivity contribution is -0.386. The molecule has 1 aromatic rings. The number of hydrogen-bond acceptors (Lipinski definition) is 6. The van der Waals surface area contributed by atoms with Gasteiger partial charge in [0.15, 0.2) is 9.84 Å². The first-order valence-corrected chi connectivity index (χ1v) is 7.98. The van der Waals surface area contributed by atoms with Gasteiger partial charge in [0.1, 0.15) is 10.6 Å². The predicted octanol–water partition coefficient (Wildman–Crippen LogP) is 1.84. The molecule has 0 saturated carbocycles. The summed E-state index contributed by atoms with van der Waals surface area (Å²) in [5.74, 6) is 0. The first-order valence-electron chi connectivity index (χ1n) is 6.09. The maximum atomic E-state index is 11.6. The van der Waals surface area contributed by atoms with Crippen molar-refractivity contribution in [2.45, 2.75) is 24.8 Å². The summed E-state index contributed by atoms with van der Waals surface area (Å²) in [5, 5.41) is 14.1. The van der Waals surface area contributed by atoms with Crippen LogP contribution in [0.15, 0.2) is 23.1 Å². The fraction of sp³-hybridized carbons (Fsp3) is 0.500. The van der Waals surface area contributed by atoms with Crippen molar-refractivity contribution in [2.75, 3.05) is 24.8 Å². The molecule has 0 spiro atoms. The Balaban J connectivity index is 3.17. The molecular weight excluding hydrogens is 284 g/mol. The van der Waals surface area contributed by atoms with Crippen molar-refractivity contribution in [3.8, 4) is 0 Å². The molecule has 0 radical (unpaired) electrons. The summed E-state index contributed by atoms with van der Waals surface area (Å²) in [5.41, 5.74) is -0.261. The van der Waals surface area contributed by atoms with Gasteiger partial charge in [-0.05, 0) is 26.0 Å². The molecule has 20 heavy (non-hydrogen) atoms. The second-order valence-electron chi connectivity index (χ2n) is 4.39. The van der Waals surface area contributed by atoms with E-state index in [1.807, 2.05) is 6.92 Å². The van der Waals surface area contributed by atoms with E-state index in [2.05, 4.69) is 5.32 Å². The molecule has 0 amide bonds. The van der Waals surface area contributed by atoms with Gasteiger partial charge in [0, 0.05) is 18.9 Å². The third-order valence-electron chi connectivity index (χ3n) is 2.55. The number of rotatable bonds is 7. The molecule has 112 valence electrons. The Morgan fingerprint density at radius 2 is 2.10 bits per heavy atom. The van der Waals surface area contributed by atoms with E-state index in [0.717, 1.165) is 6.26 Å². The lowest BCUT2D eigenvalue weighted by Gasteiger charge is -2.15. The molecule has 0 bridgehead atoms. The number of benzene rings is 1. The molecule has 0 aromatic heterocycles. The van der Waals surface area contributed by atoms with Crippen molar-refractivity contribution >= 4 is 21.2 Å².